The van der Waals surface area contributed by atoms with Crippen LogP contribution in [0.3, 0.4) is 0 Å². The summed E-state index contributed by atoms with van der Waals surface area (Å²) in [6.07, 6.45) is 2.68. The Morgan fingerprint density at radius 3 is 2.80 bits per heavy atom. The first kappa shape index (κ1) is 18.0. The number of rotatable bonds is 7. The molecule has 7 heteroatoms. The van der Waals surface area contributed by atoms with E-state index in [2.05, 4.69) is 34.5 Å². The third-order valence-electron chi connectivity index (χ3n) is 5.34. The Hall–Kier alpha value is -1.76. The number of aliphatic imine (C=N–C) groups is 1. The van der Waals surface area contributed by atoms with Crippen molar-refractivity contribution in [2.45, 2.75) is 33.3 Å². The monoisotopic (exact) mass is 349 g/mol. The molecule has 1 saturated heterocycles. The van der Waals surface area contributed by atoms with Crippen molar-refractivity contribution in [3.05, 3.63) is 11.4 Å². The van der Waals surface area contributed by atoms with Gasteiger partial charge in [0.05, 0.1) is 19.1 Å². The summed E-state index contributed by atoms with van der Waals surface area (Å²) < 4.78 is 5.28. The predicted octanol–water partition coefficient (Wildman–Crippen LogP) is 1.44. The maximum Gasteiger partial charge on any atom is 0.410 e. The smallest absolute Gasteiger partial charge is 0.410 e. The number of carbonyl (C=O) groups excluding carboxylic acids is 1. The number of ether oxygens (including phenoxy) is 1. The molecule has 3 rings (SSSR count). The zero-order chi connectivity index (χ0) is 18.0. The van der Waals surface area contributed by atoms with Crippen LogP contribution in [-0.2, 0) is 4.74 Å². The summed E-state index contributed by atoms with van der Waals surface area (Å²) in [5.41, 5.74) is 1.35. The van der Waals surface area contributed by atoms with E-state index in [-0.39, 0.29) is 12.2 Å². The maximum atomic E-state index is 11.9. The highest BCUT2D eigenvalue weighted by Crippen LogP contribution is 2.51. The molecule has 2 aliphatic heterocycles. The van der Waals surface area contributed by atoms with Crippen molar-refractivity contribution >= 4 is 12.4 Å². The van der Waals surface area contributed by atoms with Crippen LogP contribution >= 0.6 is 0 Å². The third-order valence-corrected chi connectivity index (χ3v) is 5.34. The molecule has 25 heavy (non-hydrogen) atoms. The summed E-state index contributed by atoms with van der Waals surface area (Å²) in [7, 11) is 2.11. The molecule has 0 aromatic carbocycles. The second-order valence-electron chi connectivity index (χ2n) is 7.80. The molecule has 3 atom stereocenters. The van der Waals surface area contributed by atoms with Crippen molar-refractivity contribution in [1.29, 1.82) is 0 Å². The highest BCUT2D eigenvalue weighted by atomic mass is 16.6. The highest BCUT2D eigenvalue weighted by Gasteiger charge is 2.56. The fourth-order valence-corrected chi connectivity index (χ4v) is 3.88. The number of nitrogens with one attached hydrogen (secondary N) is 2. The van der Waals surface area contributed by atoms with Crippen LogP contribution in [0.4, 0.5) is 4.79 Å². The molecule has 0 aromatic heterocycles. The van der Waals surface area contributed by atoms with E-state index in [1.165, 1.54) is 5.57 Å². The normalized spacial score (nSPS) is 28.1. The molecule has 0 aromatic rings. The van der Waals surface area contributed by atoms with Crippen LogP contribution in [-0.4, -0.2) is 68.2 Å². The molecule has 1 saturated carbocycles. The van der Waals surface area contributed by atoms with Crippen molar-refractivity contribution in [2.75, 3.05) is 39.9 Å². The molecule has 0 bridgehead atoms. The van der Waals surface area contributed by atoms with Gasteiger partial charge in [-0.2, -0.15) is 0 Å². The van der Waals surface area contributed by atoms with Gasteiger partial charge in [0.25, 0.3) is 0 Å². The Bertz CT molecular complexity index is 548. The number of hydrogen-bond acceptors (Lipinski definition) is 5. The van der Waals surface area contributed by atoms with Gasteiger partial charge in [-0.3, -0.25) is 9.89 Å². The van der Waals surface area contributed by atoms with Gasteiger partial charge in [0.1, 0.15) is 5.82 Å². The average Bonchev–Trinajstić information content (AvgIpc) is 2.92. The van der Waals surface area contributed by atoms with Crippen LogP contribution in [0, 0.1) is 17.8 Å². The summed E-state index contributed by atoms with van der Waals surface area (Å²) in [5, 5.41) is 6.53. The van der Waals surface area contributed by atoms with Gasteiger partial charge < -0.3 is 20.3 Å². The lowest BCUT2D eigenvalue weighted by Crippen LogP contribution is -2.35. The first-order valence-electron chi connectivity index (χ1n) is 9.28. The molecule has 7 nitrogen and oxygen atoms in total. The zero-order valence-corrected chi connectivity index (χ0v) is 15.8. The third kappa shape index (κ3) is 4.45. The SMILES string of the molecule is CC1=C(NC=NCN(C)CC2[C@H]3CN(C(=O)OC(C)C)C[C@@H]23)NCC1. The fourth-order valence-electron chi connectivity index (χ4n) is 3.88. The van der Waals surface area contributed by atoms with E-state index < -0.39 is 0 Å². The quantitative estimate of drug-likeness (QED) is 0.538. The van der Waals surface area contributed by atoms with E-state index >= 15 is 0 Å². The summed E-state index contributed by atoms with van der Waals surface area (Å²) in [4.78, 5) is 20.5. The predicted molar refractivity (Wildman–Crippen MR) is 98.1 cm³/mol. The largest absolute Gasteiger partial charge is 0.447 e. The molecule has 1 unspecified atom stereocenters. The molecule has 2 fully saturated rings. The van der Waals surface area contributed by atoms with E-state index in [0.29, 0.717) is 24.4 Å². The number of carbonyl (C=O) groups is 1. The van der Waals surface area contributed by atoms with Crippen molar-refractivity contribution in [3.8, 4) is 0 Å². The van der Waals surface area contributed by atoms with Gasteiger partial charge in [-0.15, -0.1) is 0 Å². The molecule has 3 aliphatic rings. The molecule has 140 valence electrons. The van der Waals surface area contributed by atoms with E-state index in [4.69, 9.17) is 4.74 Å². The number of piperidine rings is 1. The van der Waals surface area contributed by atoms with Crippen LogP contribution < -0.4 is 10.6 Å². The Morgan fingerprint density at radius 1 is 1.48 bits per heavy atom. The van der Waals surface area contributed by atoms with Gasteiger partial charge in [-0.25, -0.2) is 4.79 Å². The Labute approximate surface area is 150 Å². The van der Waals surface area contributed by atoms with E-state index in [1.807, 2.05) is 18.7 Å². The van der Waals surface area contributed by atoms with Crippen molar-refractivity contribution in [3.63, 3.8) is 0 Å². The van der Waals surface area contributed by atoms with Crippen LogP contribution in [0.5, 0.6) is 0 Å². The summed E-state index contributed by atoms with van der Waals surface area (Å²) in [5.74, 6) is 3.06. The van der Waals surface area contributed by atoms with Crippen LogP contribution in [0.1, 0.15) is 27.2 Å². The summed E-state index contributed by atoms with van der Waals surface area (Å²) >= 11 is 0. The molecule has 1 amide bonds. The maximum absolute atomic E-state index is 11.9. The van der Waals surface area contributed by atoms with E-state index in [1.54, 1.807) is 6.34 Å². The minimum Gasteiger partial charge on any atom is -0.447 e. The Morgan fingerprint density at radius 2 is 2.20 bits per heavy atom. The zero-order valence-electron chi connectivity index (χ0n) is 15.8. The van der Waals surface area contributed by atoms with Gasteiger partial charge in [-0.05, 0) is 57.6 Å². The lowest BCUT2D eigenvalue weighted by molar-refractivity contribution is 0.0784. The van der Waals surface area contributed by atoms with E-state index in [9.17, 15) is 4.79 Å². The molecule has 2 N–H and O–H groups in total. The molecular formula is C18H31N5O2. The Kier molecular flexibility index (Phi) is 5.51. The number of likely N-dealkylation sites (tertiary alicyclic amines) is 1. The number of hydrogen-bond donors (Lipinski definition) is 2. The summed E-state index contributed by atoms with van der Waals surface area (Å²) in [6.45, 7) is 10.3. The molecule has 0 spiro atoms. The topological polar surface area (TPSA) is 69.2 Å². The Balaban J connectivity index is 1.32. The second kappa shape index (κ2) is 7.64. The van der Waals surface area contributed by atoms with E-state index in [0.717, 1.165) is 38.4 Å². The van der Waals surface area contributed by atoms with Gasteiger partial charge >= 0.3 is 6.09 Å². The number of nitrogens with zero attached hydrogens (tertiary/aromatic N) is 3. The second-order valence-corrected chi connectivity index (χ2v) is 7.80. The van der Waals surface area contributed by atoms with Crippen molar-refractivity contribution in [2.24, 2.45) is 22.7 Å². The lowest BCUT2D eigenvalue weighted by atomic mass is 10.2. The first-order valence-corrected chi connectivity index (χ1v) is 9.28. The van der Waals surface area contributed by atoms with Crippen molar-refractivity contribution in [1.82, 2.24) is 20.4 Å². The molecule has 2 heterocycles. The van der Waals surface area contributed by atoms with Gasteiger partial charge in [-0.1, -0.05) is 0 Å². The number of amides is 1. The van der Waals surface area contributed by atoms with Crippen LogP contribution in [0.2, 0.25) is 0 Å². The van der Waals surface area contributed by atoms with Crippen molar-refractivity contribution < 1.29 is 9.53 Å². The minimum absolute atomic E-state index is 0.0446. The minimum atomic E-state index is -0.157. The fraction of sp³-hybridized carbons (Fsp3) is 0.778. The number of fused-ring (bicyclic) bond motifs is 1. The molecule has 0 radical (unpaired) electrons. The van der Waals surface area contributed by atoms with Gasteiger partial charge in [0.2, 0.25) is 0 Å². The summed E-state index contributed by atoms with van der Waals surface area (Å²) in [6, 6.07) is 0. The lowest BCUT2D eigenvalue weighted by Gasteiger charge is -2.22. The molecular weight excluding hydrogens is 318 g/mol. The van der Waals surface area contributed by atoms with Crippen LogP contribution in [0.15, 0.2) is 16.4 Å². The van der Waals surface area contributed by atoms with Gasteiger partial charge in [0, 0.05) is 26.2 Å². The van der Waals surface area contributed by atoms with Gasteiger partial charge in [0.15, 0.2) is 0 Å². The highest BCUT2D eigenvalue weighted by molar-refractivity contribution is 5.68. The average molecular weight is 349 g/mol. The molecule has 1 aliphatic carbocycles. The first-order chi connectivity index (χ1) is 12.0. The van der Waals surface area contributed by atoms with Crippen LogP contribution in [0.25, 0.3) is 0 Å². The standard InChI is InChI=1S/C18H31N5O2/c1-12(2)25-18(24)23-8-15-14(16(15)9-23)7-22(4)11-19-10-21-17-13(3)5-6-20-17/h10,12,14-16,20H,5-9,11H2,1-4H3,(H,19,21)/t14?,15-,16+.